The molecule has 0 aromatic heterocycles. The van der Waals surface area contributed by atoms with Gasteiger partial charge in [-0.25, -0.2) is 0 Å². The predicted molar refractivity (Wildman–Crippen MR) is 120 cm³/mol. The van der Waals surface area contributed by atoms with Crippen LogP contribution < -0.4 is 5.73 Å². The Balaban J connectivity index is 1.86. The Morgan fingerprint density at radius 3 is 2.28 bits per heavy atom. The van der Waals surface area contributed by atoms with Gasteiger partial charge in [0.1, 0.15) is 0 Å². The fourth-order valence-corrected chi connectivity index (χ4v) is 4.47. The average molecular weight is 472 g/mol. The van der Waals surface area contributed by atoms with Crippen LogP contribution in [-0.4, -0.2) is 25.9 Å². The summed E-state index contributed by atoms with van der Waals surface area (Å²) in [5.41, 5.74) is 8.27. The Kier molecular flexibility index (Phi) is 5.42. The van der Waals surface area contributed by atoms with E-state index in [1.165, 1.54) is 30.4 Å². The number of rotatable bonds is 4. The van der Waals surface area contributed by atoms with E-state index in [0.29, 0.717) is 39.0 Å². The van der Waals surface area contributed by atoms with Crippen LogP contribution in [-0.2, 0) is 26.7 Å². The lowest BCUT2D eigenvalue weighted by molar-refractivity contribution is 0.482. The number of benzene rings is 3. The van der Waals surface area contributed by atoms with E-state index >= 15 is 0 Å². The van der Waals surface area contributed by atoms with Crippen LogP contribution in [0, 0.1) is 0 Å². The first-order chi connectivity index (χ1) is 15.0. The second-order valence-electron chi connectivity index (χ2n) is 7.05. The molecule has 0 radical (unpaired) electrons. The van der Waals surface area contributed by atoms with Gasteiger partial charge in [-0.15, -0.1) is 10.2 Å². The van der Waals surface area contributed by atoms with Gasteiger partial charge < -0.3 is 5.73 Å². The van der Waals surface area contributed by atoms with Crippen LogP contribution in [0.3, 0.4) is 0 Å². The van der Waals surface area contributed by atoms with E-state index in [-0.39, 0.29) is 16.2 Å². The molecule has 32 heavy (non-hydrogen) atoms. The van der Waals surface area contributed by atoms with Gasteiger partial charge >= 0.3 is 0 Å². The van der Waals surface area contributed by atoms with E-state index in [9.17, 15) is 25.9 Å². The summed E-state index contributed by atoms with van der Waals surface area (Å²) < 4.78 is 65.2. The third-order valence-electron chi connectivity index (χ3n) is 4.98. The summed E-state index contributed by atoms with van der Waals surface area (Å²) in [5.74, 6) is 0. The molecule has 4 rings (SSSR count). The minimum absolute atomic E-state index is 0.00690. The molecule has 0 saturated carbocycles. The zero-order valence-corrected chi connectivity index (χ0v) is 18.0. The molecule has 9 nitrogen and oxygen atoms in total. The molecule has 0 fully saturated rings. The van der Waals surface area contributed by atoms with Crippen molar-refractivity contribution in [1.29, 1.82) is 0 Å². The number of nitrogens with zero attached hydrogens (tertiary/aromatic N) is 2. The van der Waals surface area contributed by atoms with E-state index in [1.54, 1.807) is 36.4 Å². The maximum atomic E-state index is 11.6. The number of allylic oxidation sites excluding steroid dienone is 3. The molecule has 0 atom stereocenters. The van der Waals surface area contributed by atoms with Gasteiger partial charge in [-0.3, -0.25) is 9.11 Å². The van der Waals surface area contributed by atoms with Crippen molar-refractivity contribution >= 4 is 48.1 Å². The normalized spacial score (nSPS) is 14.7. The second kappa shape index (κ2) is 7.95. The molecule has 1 aliphatic carbocycles. The van der Waals surface area contributed by atoms with Crippen LogP contribution in [0.25, 0.3) is 16.5 Å². The maximum absolute atomic E-state index is 11.6. The fourth-order valence-electron chi connectivity index (χ4n) is 3.39. The molecule has 0 unspecified atom stereocenters. The van der Waals surface area contributed by atoms with Crippen LogP contribution in [0.5, 0.6) is 0 Å². The van der Waals surface area contributed by atoms with Gasteiger partial charge in [0.25, 0.3) is 20.2 Å². The van der Waals surface area contributed by atoms with E-state index in [4.69, 9.17) is 5.73 Å². The summed E-state index contributed by atoms with van der Waals surface area (Å²) >= 11 is 0. The van der Waals surface area contributed by atoms with Gasteiger partial charge in [0.2, 0.25) is 0 Å². The van der Waals surface area contributed by atoms with E-state index in [0.717, 1.165) is 0 Å². The third kappa shape index (κ3) is 4.32. The van der Waals surface area contributed by atoms with Gasteiger partial charge in [0, 0.05) is 28.4 Å². The SMILES string of the molecule is Nc1ccc(/N=N/C2=CC=C(S(=O)(=O)O)Cc3ccccc32)c2cc(S(=O)(=O)O)ccc12. The summed E-state index contributed by atoms with van der Waals surface area (Å²) in [6.07, 6.45) is 2.69. The number of azo groups is 1. The van der Waals surface area contributed by atoms with Gasteiger partial charge in [-0.05, 0) is 42.0 Å². The van der Waals surface area contributed by atoms with Crippen molar-refractivity contribution in [2.24, 2.45) is 10.2 Å². The molecular formula is C21H17N3O6S2. The minimum Gasteiger partial charge on any atom is -0.398 e. The Hall–Kier alpha value is -3.38. The first kappa shape index (κ1) is 21.8. The Bertz CT molecular complexity index is 1560. The molecule has 0 spiro atoms. The molecule has 3 aromatic carbocycles. The Morgan fingerprint density at radius 2 is 1.56 bits per heavy atom. The molecule has 4 N–H and O–H groups in total. The Morgan fingerprint density at radius 1 is 0.812 bits per heavy atom. The minimum atomic E-state index is -4.44. The molecule has 1 aliphatic rings. The van der Waals surface area contributed by atoms with E-state index in [2.05, 4.69) is 10.2 Å². The second-order valence-corrected chi connectivity index (χ2v) is 9.95. The molecule has 0 bridgehead atoms. The zero-order valence-electron chi connectivity index (χ0n) is 16.4. The molecule has 0 saturated heterocycles. The number of hydrogen-bond acceptors (Lipinski definition) is 7. The van der Waals surface area contributed by atoms with E-state index < -0.39 is 20.2 Å². The molecule has 164 valence electrons. The first-order valence-electron chi connectivity index (χ1n) is 9.22. The highest BCUT2D eigenvalue weighted by Gasteiger charge is 2.20. The summed E-state index contributed by atoms with van der Waals surface area (Å²) in [6, 6.07) is 14.1. The molecule has 3 aromatic rings. The van der Waals surface area contributed by atoms with Crippen molar-refractivity contribution in [2.45, 2.75) is 11.3 Å². The third-order valence-corrected chi connectivity index (χ3v) is 6.77. The van der Waals surface area contributed by atoms with Crippen LogP contribution in [0.2, 0.25) is 0 Å². The fraction of sp³-hybridized carbons (Fsp3) is 0.0476. The highest BCUT2D eigenvalue weighted by molar-refractivity contribution is 7.89. The van der Waals surface area contributed by atoms with Crippen molar-refractivity contribution in [3.8, 4) is 0 Å². The lowest BCUT2D eigenvalue weighted by atomic mass is 10.0. The van der Waals surface area contributed by atoms with Gasteiger partial charge in [-0.1, -0.05) is 30.3 Å². The van der Waals surface area contributed by atoms with Gasteiger partial charge in [-0.2, -0.15) is 16.8 Å². The molecule has 0 heterocycles. The molecule has 0 amide bonds. The first-order valence-corrected chi connectivity index (χ1v) is 12.1. The highest BCUT2D eigenvalue weighted by Crippen LogP contribution is 2.34. The smallest absolute Gasteiger partial charge is 0.294 e. The number of nitrogen functional groups attached to an aromatic ring is 1. The highest BCUT2D eigenvalue weighted by atomic mass is 32.2. The zero-order chi connectivity index (χ0) is 23.1. The lowest BCUT2D eigenvalue weighted by Gasteiger charge is -2.08. The average Bonchev–Trinajstić information content (AvgIpc) is 2.92. The molecular weight excluding hydrogens is 454 g/mol. The van der Waals surface area contributed by atoms with Crippen molar-refractivity contribution in [3.63, 3.8) is 0 Å². The van der Waals surface area contributed by atoms with Crippen molar-refractivity contribution < 1.29 is 25.9 Å². The van der Waals surface area contributed by atoms with Crippen LogP contribution >= 0.6 is 0 Å². The summed E-state index contributed by atoms with van der Waals surface area (Å²) in [4.78, 5) is -0.488. The van der Waals surface area contributed by atoms with Crippen molar-refractivity contribution in [2.75, 3.05) is 5.73 Å². The molecule has 0 aliphatic heterocycles. The number of nitrogens with two attached hydrogens (primary N) is 1. The standard InChI is InChI=1S/C21H17N3O6S2/c22-19-8-10-21(18-12-15(32(28,29)30)5-7-17(18)19)24-23-20-9-6-14(31(25,26)27)11-13-3-1-2-4-16(13)20/h1-10,12H,11,22H2,(H,25,26,27)(H,28,29,30)/b24-23+. The largest absolute Gasteiger partial charge is 0.398 e. The van der Waals surface area contributed by atoms with Crippen molar-refractivity contribution in [1.82, 2.24) is 0 Å². The van der Waals surface area contributed by atoms with Gasteiger partial charge in [0.15, 0.2) is 0 Å². The monoisotopic (exact) mass is 471 g/mol. The topological polar surface area (TPSA) is 159 Å². The predicted octanol–water partition coefficient (Wildman–Crippen LogP) is 4.12. The van der Waals surface area contributed by atoms with Crippen LogP contribution in [0.15, 0.2) is 86.8 Å². The summed E-state index contributed by atoms with van der Waals surface area (Å²) in [6.45, 7) is 0. The molecule has 11 heteroatoms. The quantitative estimate of drug-likeness (QED) is 0.293. The number of fused-ring (bicyclic) bond motifs is 2. The Labute approximate surface area is 184 Å². The maximum Gasteiger partial charge on any atom is 0.294 e. The van der Waals surface area contributed by atoms with E-state index in [1.807, 2.05) is 0 Å². The lowest BCUT2D eigenvalue weighted by Crippen LogP contribution is -2.04. The van der Waals surface area contributed by atoms with Crippen molar-refractivity contribution in [3.05, 3.63) is 82.8 Å². The number of anilines is 1. The van der Waals surface area contributed by atoms with Crippen LogP contribution in [0.1, 0.15) is 11.1 Å². The summed E-state index contributed by atoms with van der Waals surface area (Å²) in [7, 11) is -8.82. The summed E-state index contributed by atoms with van der Waals surface area (Å²) in [5, 5.41) is 9.38. The van der Waals surface area contributed by atoms with Crippen LogP contribution in [0.4, 0.5) is 11.4 Å². The van der Waals surface area contributed by atoms with Gasteiger partial charge in [0.05, 0.1) is 21.2 Å². The number of hydrogen-bond donors (Lipinski definition) is 3.